The number of hydrogen-bond donors (Lipinski definition) is 1. The Kier molecular flexibility index (Phi) is 4.23. The van der Waals surface area contributed by atoms with Gasteiger partial charge in [-0.2, -0.15) is 5.26 Å². The van der Waals surface area contributed by atoms with Crippen LogP contribution in [0, 0.1) is 11.3 Å². The van der Waals surface area contributed by atoms with E-state index in [0.717, 1.165) is 0 Å². The molecule has 0 aliphatic heterocycles. The molecule has 0 radical (unpaired) electrons. The number of nitrogens with one attached hydrogen (secondary N) is 1. The van der Waals surface area contributed by atoms with E-state index in [2.05, 4.69) is 15.3 Å². The first kappa shape index (κ1) is 13.9. The van der Waals surface area contributed by atoms with E-state index in [0.29, 0.717) is 23.0 Å². The minimum absolute atomic E-state index is 0.0971. The smallest absolute Gasteiger partial charge is 0.153 e. The Morgan fingerprint density at radius 3 is 2.35 bits per heavy atom. The molecule has 2 aromatic rings. The van der Waals surface area contributed by atoms with E-state index < -0.39 is 0 Å². The van der Waals surface area contributed by atoms with Crippen LogP contribution in [0.1, 0.15) is 5.56 Å². The summed E-state index contributed by atoms with van der Waals surface area (Å²) in [5.41, 5.74) is 0.837. The molecule has 0 saturated heterocycles. The first-order valence-corrected chi connectivity index (χ1v) is 5.96. The normalized spacial score (nSPS) is 9.70. The molecule has 0 amide bonds. The molecular weight excluding hydrogens is 280 g/mol. The second kappa shape index (κ2) is 6.08. The van der Waals surface area contributed by atoms with Crippen LogP contribution in [-0.2, 0) is 0 Å². The fourth-order valence-corrected chi connectivity index (χ4v) is 1.75. The number of rotatable bonds is 4. The van der Waals surface area contributed by atoms with Crippen molar-refractivity contribution < 1.29 is 9.47 Å². The van der Waals surface area contributed by atoms with Gasteiger partial charge in [0.25, 0.3) is 0 Å². The zero-order chi connectivity index (χ0) is 14.5. The molecule has 1 aromatic carbocycles. The van der Waals surface area contributed by atoms with Crippen LogP contribution < -0.4 is 14.8 Å². The van der Waals surface area contributed by atoms with Crippen LogP contribution >= 0.6 is 11.6 Å². The van der Waals surface area contributed by atoms with Crippen molar-refractivity contribution in [2.24, 2.45) is 0 Å². The summed E-state index contributed by atoms with van der Waals surface area (Å²) in [4.78, 5) is 7.77. The Balaban J connectivity index is 2.40. The molecule has 0 atom stereocenters. The summed E-state index contributed by atoms with van der Waals surface area (Å²) in [6.45, 7) is 0. The molecule has 0 fully saturated rings. The van der Waals surface area contributed by atoms with Crippen molar-refractivity contribution in [3.8, 4) is 17.6 Å². The van der Waals surface area contributed by atoms with E-state index >= 15 is 0 Å². The second-order valence-corrected chi connectivity index (χ2v) is 4.08. The molecule has 102 valence electrons. The quantitative estimate of drug-likeness (QED) is 0.872. The molecule has 0 aliphatic carbocycles. The largest absolute Gasteiger partial charge is 0.497 e. The van der Waals surface area contributed by atoms with Gasteiger partial charge in [-0.15, -0.1) is 0 Å². The zero-order valence-corrected chi connectivity index (χ0v) is 11.6. The first-order chi connectivity index (χ1) is 9.67. The van der Waals surface area contributed by atoms with Gasteiger partial charge in [0.2, 0.25) is 0 Å². The summed E-state index contributed by atoms with van der Waals surface area (Å²) in [6, 6.07) is 7.20. The maximum atomic E-state index is 9.07. The van der Waals surface area contributed by atoms with Gasteiger partial charge >= 0.3 is 0 Å². The van der Waals surface area contributed by atoms with Crippen molar-refractivity contribution in [3.63, 3.8) is 0 Å². The lowest BCUT2D eigenvalue weighted by Crippen LogP contribution is -1.99. The average molecular weight is 291 g/mol. The number of hydrogen-bond acceptors (Lipinski definition) is 6. The van der Waals surface area contributed by atoms with Gasteiger partial charge in [-0.05, 0) is 0 Å². The van der Waals surface area contributed by atoms with Gasteiger partial charge in [0.15, 0.2) is 11.0 Å². The average Bonchev–Trinajstić information content (AvgIpc) is 2.47. The summed E-state index contributed by atoms with van der Waals surface area (Å²) in [5, 5.41) is 12.2. The highest BCUT2D eigenvalue weighted by Gasteiger charge is 2.10. The lowest BCUT2D eigenvalue weighted by atomic mass is 10.2. The summed E-state index contributed by atoms with van der Waals surface area (Å²) >= 11 is 5.85. The summed E-state index contributed by atoms with van der Waals surface area (Å²) < 4.78 is 10.3. The van der Waals surface area contributed by atoms with Crippen LogP contribution in [0.25, 0.3) is 0 Å². The monoisotopic (exact) mass is 290 g/mol. The third-order valence-corrected chi connectivity index (χ3v) is 2.81. The number of nitriles is 1. The number of aromatic nitrogens is 2. The van der Waals surface area contributed by atoms with Gasteiger partial charge in [0.05, 0.1) is 14.2 Å². The number of ether oxygens (including phenoxy) is 2. The summed E-state index contributed by atoms with van der Waals surface area (Å²) in [7, 11) is 3.11. The number of nitrogens with zero attached hydrogens (tertiary/aromatic N) is 3. The van der Waals surface area contributed by atoms with Gasteiger partial charge in [-0.25, -0.2) is 9.97 Å². The molecule has 1 heterocycles. The van der Waals surface area contributed by atoms with Crippen LogP contribution in [0.3, 0.4) is 0 Å². The van der Waals surface area contributed by atoms with E-state index in [1.54, 1.807) is 32.4 Å². The van der Waals surface area contributed by atoms with Crippen LogP contribution in [0.15, 0.2) is 24.5 Å². The molecule has 20 heavy (non-hydrogen) atoms. The maximum absolute atomic E-state index is 9.07. The molecule has 1 N–H and O–H groups in total. The fourth-order valence-electron chi connectivity index (χ4n) is 1.57. The third kappa shape index (κ3) is 2.90. The molecule has 0 aliphatic rings. The minimum Gasteiger partial charge on any atom is -0.497 e. The third-order valence-electron chi connectivity index (χ3n) is 2.53. The van der Waals surface area contributed by atoms with Gasteiger partial charge in [-0.1, -0.05) is 11.6 Å². The van der Waals surface area contributed by atoms with E-state index in [-0.39, 0.29) is 10.7 Å². The van der Waals surface area contributed by atoms with E-state index in [4.69, 9.17) is 26.3 Å². The number of anilines is 2. The second-order valence-electron chi connectivity index (χ2n) is 3.73. The molecule has 0 bridgehead atoms. The van der Waals surface area contributed by atoms with Gasteiger partial charge in [0.1, 0.15) is 29.5 Å². The SMILES string of the molecule is COc1cc(Nc2ncnc(Cl)c2C#N)cc(OC)c1. The Hall–Kier alpha value is -2.52. The molecule has 6 nitrogen and oxygen atoms in total. The molecule has 0 unspecified atom stereocenters. The topological polar surface area (TPSA) is 80.1 Å². The number of methoxy groups -OCH3 is 2. The highest BCUT2D eigenvalue weighted by molar-refractivity contribution is 6.30. The molecular formula is C13H11ClN4O2. The van der Waals surface area contributed by atoms with Crippen molar-refractivity contribution in [1.29, 1.82) is 5.26 Å². The van der Waals surface area contributed by atoms with E-state index in [1.165, 1.54) is 6.33 Å². The Morgan fingerprint density at radius 2 is 1.80 bits per heavy atom. The first-order valence-electron chi connectivity index (χ1n) is 5.58. The van der Waals surface area contributed by atoms with Crippen molar-refractivity contribution >= 4 is 23.1 Å². The van der Waals surface area contributed by atoms with Crippen molar-refractivity contribution in [2.45, 2.75) is 0 Å². The van der Waals surface area contributed by atoms with Crippen LogP contribution in [0.4, 0.5) is 11.5 Å². The molecule has 1 aromatic heterocycles. The highest BCUT2D eigenvalue weighted by atomic mass is 35.5. The minimum atomic E-state index is 0.0971. The van der Waals surface area contributed by atoms with Gasteiger partial charge < -0.3 is 14.8 Å². The Bertz CT molecular complexity index is 648. The predicted octanol–water partition coefficient (Wildman–Crippen LogP) is 2.76. The van der Waals surface area contributed by atoms with Crippen LogP contribution in [-0.4, -0.2) is 24.2 Å². The molecule has 0 spiro atoms. The van der Waals surface area contributed by atoms with Crippen LogP contribution in [0.2, 0.25) is 5.15 Å². The molecule has 7 heteroatoms. The Labute approximate surface area is 120 Å². The summed E-state index contributed by atoms with van der Waals surface area (Å²) in [6.07, 6.45) is 1.28. The fraction of sp³-hybridized carbons (Fsp3) is 0.154. The molecule has 2 rings (SSSR count). The lowest BCUT2D eigenvalue weighted by molar-refractivity contribution is 0.395. The van der Waals surface area contributed by atoms with Gasteiger partial charge in [-0.3, -0.25) is 0 Å². The van der Waals surface area contributed by atoms with Crippen molar-refractivity contribution in [1.82, 2.24) is 9.97 Å². The van der Waals surface area contributed by atoms with Crippen molar-refractivity contribution in [3.05, 3.63) is 35.2 Å². The zero-order valence-electron chi connectivity index (χ0n) is 10.8. The van der Waals surface area contributed by atoms with Crippen LogP contribution in [0.5, 0.6) is 11.5 Å². The maximum Gasteiger partial charge on any atom is 0.153 e. The standard InChI is InChI=1S/C13H11ClN4O2/c1-19-9-3-8(4-10(5-9)20-2)18-13-11(6-15)12(14)16-7-17-13/h3-5,7H,1-2H3,(H,16,17,18). The highest BCUT2D eigenvalue weighted by Crippen LogP contribution is 2.29. The van der Waals surface area contributed by atoms with Gasteiger partial charge in [0, 0.05) is 23.9 Å². The Morgan fingerprint density at radius 1 is 1.15 bits per heavy atom. The predicted molar refractivity (Wildman–Crippen MR) is 74.6 cm³/mol. The van der Waals surface area contributed by atoms with Crippen molar-refractivity contribution in [2.75, 3.05) is 19.5 Å². The lowest BCUT2D eigenvalue weighted by Gasteiger charge is -2.11. The summed E-state index contributed by atoms with van der Waals surface area (Å²) in [5.74, 6) is 1.55. The number of benzene rings is 1. The number of halogens is 1. The molecule has 0 saturated carbocycles. The van der Waals surface area contributed by atoms with E-state index in [1.807, 2.05) is 6.07 Å². The van der Waals surface area contributed by atoms with E-state index in [9.17, 15) is 0 Å².